The van der Waals surface area contributed by atoms with Gasteiger partial charge in [-0.15, -0.1) is 0 Å². The first-order valence-corrected chi connectivity index (χ1v) is 6.33. The van der Waals surface area contributed by atoms with Gasteiger partial charge in [-0.25, -0.2) is 0 Å². The zero-order valence-corrected chi connectivity index (χ0v) is 9.35. The maximum atomic E-state index is 12.0. The minimum atomic E-state index is 0.191. The standard InChI is InChI=1S/C13H22O/c1-2-6-12(14)13(9-10-13)11-7-4-3-5-8-11/h11H,2-10H2,1H3. The summed E-state index contributed by atoms with van der Waals surface area (Å²) in [7, 11) is 0. The quantitative estimate of drug-likeness (QED) is 0.666. The third kappa shape index (κ3) is 1.74. The first-order chi connectivity index (χ1) is 6.79. The molecule has 1 heteroatoms. The topological polar surface area (TPSA) is 17.1 Å². The van der Waals surface area contributed by atoms with Crippen LogP contribution in [0.25, 0.3) is 0 Å². The zero-order valence-electron chi connectivity index (χ0n) is 9.35. The smallest absolute Gasteiger partial charge is 0.139 e. The van der Waals surface area contributed by atoms with Crippen LogP contribution in [-0.2, 0) is 4.79 Å². The van der Waals surface area contributed by atoms with Crippen LogP contribution in [0.1, 0.15) is 64.7 Å². The molecule has 0 spiro atoms. The molecule has 14 heavy (non-hydrogen) atoms. The lowest BCUT2D eigenvalue weighted by Gasteiger charge is -2.29. The number of rotatable bonds is 4. The zero-order chi connectivity index (χ0) is 10.0. The number of ketones is 1. The molecule has 0 amide bonds. The summed E-state index contributed by atoms with van der Waals surface area (Å²) in [6.07, 6.45) is 11.1. The Morgan fingerprint density at radius 3 is 2.36 bits per heavy atom. The summed E-state index contributed by atoms with van der Waals surface area (Å²) < 4.78 is 0. The van der Waals surface area contributed by atoms with Crippen molar-refractivity contribution in [1.29, 1.82) is 0 Å². The summed E-state index contributed by atoms with van der Waals surface area (Å²) in [5, 5.41) is 0. The van der Waals surface area contributed by atoms with E-state index >= 15 is 0 Å². The second-order valence-corrected chi connectivity index (χ2v) is 5.16. The van der Waals surface area contributed by atoms with Gasteiger partial charge >= 0.3 is 0 Å². The molecule has 2 saturated carbocycles. The predicted molar refractivity (Wildman–Crippen MR) is 58.2 cm³/mol. The van der Waals surface area contributed by atoms with Crippen LogP contribution < -0.4 is 0 Å². The van der Waals surface area contributed by atoms with Crippen LogP contribution in [0.15, 0.2) is 0 Å². The highest BCUT2D eigenvalue weighted by molar-refractivity contribution is 5.87. The Bertz CT molecular complexity index is 209. The van der Waals surface area contributed by atoms with Crippen LogP contribution >= 0.6 is 0 Å². The van der Waals surface area contributed by atoms with E-state index in [0.29, 0.717) is 5.78 Å². The molecule has 0 heterocycles. The van der Waals surface area contributed by atoms with E-state index < -0.39 is 0 Å². The van der Waals surface area contributed by atoms with Gasteiger partial charge in [0.15, 0.2) is 0 Å². The fraction of sp³-hybridized carbons (Fsp3) is 0.923. The van der Waals surface area contributed by atoms with Gasteiger partial charge in [0.1, 0.15) is 5.78 Å². The maximum Gasteiger partial charge on any atom is 0.139 e. The van der Waals surface area contributed by atoms with Crippen LogP contribution in [0.2, 0.25) is 0 Å². The first kappa shape index (κ1) is 10.2. The summed E-state index contributed by atoms with van der Waals surface area (Å²) in [6.45, 7) is 2.12. The fourth-order valence-electron chi connectivity index (χ4n) is 3.18. The Labute approximate surface area is 87.3 Å². The van der Waals surface area contributed by atoms with Gasteiger partial charge in [0.05, 0.1) is 0 Å². The molecule has 0 aromatic carbocycles. The van der Waals surface area contributed by atoms with Gasteiger partial charge in [0, 0.05) is 11.8 Å². The third-order valence-electron chi connectivity index (χ3n) is 4.21. The number of hydrogen-bond acceptors (Lipinski definition) is 1. The summed E-state index contributed by atoms with van der Waals surface area (Å²) in [6, 6.07) is 0. The van der Waals surface area contributed by atoms with Gasteiger partial charge in [0.2, 0.25) is 0 Å². The minimum absolute atomic E-state index is 0.191. The molecule has 0 aromatic heterocycles. The van der Waals surface area contributed by atoms with E-state index in [1.807, 2.05) is 0 Å². The molecule has 0 N–H and O–H groups in total. The van der Waals surface area contributed by atoms with E-state index in [4.69, 9.17) is 0 Å². The second kappa shape index (κ2) is 4.04. The molecule has 0 aliphatic heterocycles. The minimum Gasteiger partial charge on any atom is -0.299 e. The van der Waals surface area contributed by atoms with Gasteiger partial charge in [-0.2, -0.15) is 0 Å². The Morgan fingerprint density at radius 1 is 1.21 bits per heavy atom. The van der Waals surface area contributed by atoms with Crippen molar-refractivity contribution in [3.05, 3.63) is 0 Å². The highest BCUT2D eigenvalue weighted by Crippen LogP contribution is 2.57. The Morgan fingerprint density at radius 2 is 1.86 bits per heavy atom. The van der Waals surface area contributed by atoms with Crippen molar-refractivity contribution in [2.45, 2.75) is 64.7 Å². The highest BCUT2D eigenvalue weighted by Gasteiger charge is 2.53. The lowest BCUT2D eigenvalue weighted by Crippen LogP contribution is -2.27. The number of Topliss-reactive ketones (excluding diaryl/α,β-unsaturated/α-hetero) is 1. The van der Waals surface area contributed by atoms with Crippen molar-refractivity contribution >= 4 is 5.78 Å². The third-order valence-corrected chi connectivity index (χ3v) is 4.21. The molecule has 2 aliphatic carbocycles. The van der Waals surface area contributed by atoms with Crippen molar-refractivity contribution in [2.75, 3.05) is 0 Å². The average molecular weight is 194 g/mol. The Kier molecular flexibility index (Phi) is 2.94. The number of carbonyl (C=O) groups excluding carboxylic acids is 1. The van der Waals surface area contributed by atoms with Crippen LogP contribution in [0.3, 0.4) is 0 Å². The van der Waals surface area contributed by atoms with E-state index in [1.165, 1.54) is 44.9 Å². The average Bonchev–Trinajstić information content (AvgIpc) is 3.00. The molecule has 0 radical (unpaired) electrons. The van der Waals surface area contributed by atoms with Gasteiger partial charge < -0.3 is 0 Å². The first-order valence-electron chi connectivity index (χ1n) is 6.33. The molecule has 0 bridgehead atoms. The molecule has 2 rings (SSSR count). The van der Waals surface area contributed by atoms with Gasteiger partial charge in [-0.1, -0.05) is 26.2 Å². The maximum absolute atomic E-state index is 12.0. The molecule has 80 valence electrons. The van der Waals surface area contributed by atoms with Crippen LogP contribution in [0, 0.1) is 11.3 Å². The van der Waals surface area contributed by atoms with Crippen molar-refractivity contribution in [2.24, 2.45) is 11.3 Å². The molecule has 0 atom stereocenters. The van der Waals surface area contributed by atoms with Gasteiger partial charge in [0.25, 0.3) is 0 Å². The molecule has 0 saturated heterocycles. The normalized spacial score (nSPS) is 26.1. The lowest BCUT2D eigenvalue weighted by atomic mass is 9.75. The largest absolute Gasteiger partial charge is 0.299 e. The SMILES string of the molecule is CCCC(=O)C1(C2CCCCC2)CC1. The number of carbonyl (C=O) groups is 1. The Balaban J connectivity index is 1.96. The van der Waals surface area contributed by atoms with Crippen molar-refractivity contribution in [1.82, 2.24) is 0 Å². The fourth-order valence-corrected chi connectivity index (χ4v) is 3.18. The number of hydrogen-bond donors (Lipinski definition) is 0. The van der Waals surface area contributed by atoms with E-state index in [0.717, 1.165) is 18.8 Å². The van der Waals surface area contributed by atoms with E-state index in [-0.39, 0.29) is 5.41 Å². The summed E-state index contributed by atoms with van der Waals surface area (Å²) >= 11 is 0. The van der Waals surface area contributed by atoms with Crippen LogP contribution in [-0.4, -0.2) is 5.78 Å². The predicted octanol–water partition coefficient (Wildman–Crippen LogP) is 3.72. The molecular weight excluding hydrogens is 172 g/mol. The summed E-state index contributed by atoms with van der Waals surface area (Å²) in [4.78, 5) is 12.0. The monoisotopic (exact) mass is 194 g/mol. The molecule has 0 aromatic rings. The summed E-state index contributed by atoms with van der Waals surface area (Å²) in [5.74, 6) is 1.35. The van der Waals surface area contributed by atoms with Crippen LogP contribution in [0.5, 0.6) is 0 Å². The van der Waals surface area contributed by atoms with Crippen molar-refractivity contribution in [3.63, 3.8) is 0 Å². The molecule has 1 nitrogen and oxygen atoms in total. The van der Waals surface area contributed by atoms with Crippen LogP contribution in [0.4, 0.5) is 0 Å². The van der Waals surface area contributed by atoms with Crippen molar-refractivity contribution in [3.8, 4) is 0 Å². The van der Waals surface area contributed by atoms with E-state index in [1.54, 1.807) is 0 Å². The molecule has 2 aliphatic rings. The molecular formula is C13H22O. The van der Waals surface area contributed by atoms with Gasteiger partial charge in [-0.05, 0) is 38.0 Å². The van der Waals surface area contributed by atoms with E-state index in [9.17, 15) is 4.79 Å². The lowest BCUT2D eigenvalue weighted by molar-refractivity contribution is -0.126. The van der Waals surface area contributed by atoms with Gasteiger partial charge in [-0.3, -0.25) is 4.79 Å². The van der Waals surface area contributed by atoms with Crippen molar-refractivity contribution < 1.29 is 4.79 Å². The summed E-state index contributed by atoms with van der Waals surface area (Å²) in [5.41, 5.74) is 0.191. The highest BCUT2D eigenvalue weighted by atomic mass is 16.1. The molecule has 2 fully saturated rings. The molecule has 0 unspecified atom stereocenters. The van der Waals surface area contributed by atoms with E-state index in [2.05, 4.69) is 6.92 Å². The Hall–Kier alpha value is -0.330. The second-order valence-electron chi connectivity index (χ2n) is 5.16.